The second-order valence-electron chi connectivity index (χ2n) is 4.62. The number of hydrogen-bond acceptors (Lipinski definition) is 2. The monoisotopic (exact) mass is 286 g/mol. The van der Waals surface area contributed by atoms with Crippen LogP contribution in [-0.4, -0.2) is 12.6 Å². The molecule has 4 heteroatoms. The smallest absolute Gasteiger partial charge is 0.342 e. The fourth-order valence-electron chi connectivity index (χ4n) is 1.74. The average molecular weight is 287 g/mol. The summed E-state index contributed by atoms with van der Waals surface area (Å²) in [5.74, 6) is -1.19. The molecule has 19 heavy (non-hydrogen) atoms. The number of carbonyl (C=O) groups excluding carboxylic acids is 1. The minimum absolute atomic E-state index is 0.0412. The van der Waals surface area contributed by atoms with Crippen LogP contribution in [0.1, 0.15) is 61.9 Å². The summed E-state index contributed by atoms with van der Waals surface area (Å²) in [5.41, 5.74) is 0.366. The Kier molecular flexibility index (Phi) is 6.29. The zero-order valence-electron chi connectivity index (χ0n) is 11.6. The van der Waals surface area contributed by atoms with E-state index >= 15 is 0 Å². The Hall–Kier alpha value is -1.09. The van der Waals surface area contributed by atoms with E-state index in [2.05, 4.69) is 0 Å². The molecule has 0 radical (unpaired) electrons. The second kappa shape index (κ2) is 7.49. The van der Waals surface area contributed by atoms with Crippen molar-refractivity contribution in [2.75, 3.05) is 6.61 Å². The number of rotatable bonds is 6. The molecule has 0 aliphatic rings. The first-order chi connectivity index (χ1) is 9.02. The Labute approximate surface area is 118 Å². The van der Waals surface area contributed by atoms with E-state index in [0.29, 0.717) is 12.2 Å². The number of halogens is 2. The topological polar surface area (TPSA) is 26.3 Å². The SMILES string of the molecule is CCCCOC(=O)c1c(Cl)ccc([C@H](C)CC)c1F. The largest absolute Gasteiger partial charge is 0.462 e. The van der Waals surface area contributed by atoms with Crippen LogP contribution in [0.3, 0.4) is 0 Å². The molecule has 0 saturated heterocycles. The molecule has 0 aliphatic carbocycles. The zero-order chi connectivity index (χ0) is 14.4. The molecule has 0 aliphatic heterocycles. The van der Waals surface area contributed by atoms with Crippen molar-refractivity contribution in [2.24, 2.45) is 0 Å². The molecule has 0 saturated carbocycles. The molecule has 2 nitrogen and oxygen atoms in total. The molecule has 1 aromatic rings. The Morgan fingerprint density at radius 1 is 1.42 bits per heavy atom. The highest BCUT2D eigenvalue weighted by atomic mass is 35.5. The summed E-state index contributed by atoms with van der Waals surface area (Å²) in [7, 11) is 0. The lowest BCUT2D eigenvalue weighted by atomic mass is 9.96. The third kappa shape index (κ3) is 3.93. The molecule has 0 N–H and O–H groups in total. The van der Waals surface area contributed by atoms with Gasteiger partial charge in [-0.1, -0.05) is 44.9 Å². The summed E-state index contributed by atoms with van der Waals surface area (Å²) in [4.78, 5) is 11.9. The lowest BCUT2D eigenvalue weighted by Crippen LogP contribution is -2.12. The van der Waals surface area contributed by atoms with Gasteiger partial charge in [0.2, 0.25) is 0 Å². The first-order valence-electron chi connectivity index (χ1n) is 6.67. The number of esters is 1. The first-order valence-corrected chi connectivity index (χ1v) is 7.05. The summed E-state index contributed by atoms with van der Waals surface area (Å²) >= 11 is 5.92. The van der Waals surface area contributed by atoms with Gasteiger partial charge in [-0.25, -0.2) is 9.18 Å². The summed E-state index contributed by atoms with van der Waals surface area (Å²) < 4.78 is 19.4. The van der Waals surface area contributed by atoms with Gasteiger partial charge in [0.15, 0.2) is 0 Å². The maximum absolute atomic E-state index is 14.3. The third-order valence-corrected chi connectivity index (χ3v) is 3.51. The van der Waals surface area contributed by atoms with Gasteiger partial charge in [-0.15, -0.1) is 0 Å². The molecule has 1 rings (SSSR count). The Bertz CT molecular complexity index is 446. The molecular formula is C15H20ClFO2. The molecule has 0 spiro atoms. The van der Waals surface area contributed by atoms with Crippen molar-refractivity contribution in [1.82, 2.24) is 0 Å². The van der Waals surface area contributed by atoms with E-state index < -0.39 is 11.8 Å². The molecule has 1 aromatic carbocycles. The molecular weight excluding hydrogens is 267 g/mol. The Morgan fingerprint density at radius 3 is 2.68 bits per heavy atom. The van der Waals surface area contributed by atoms with Gasteiger partial charge in [0, 0.05) is 0 Å². The number of benzene rings is 1. The van der Waals surface area contributed by atoms with Crippen LogP contribution in [0.25, 0.3) is 0 Å². The summed E-state index contributed by atoms with van der Waals surface area (Å²) in [6.45, 7) is 6.17. The predicted octanol–water partition coefficient (Wildman–Crippen LogP) is 4.95. The standard InChI is InChI=1S/C15H20ClFO2/c1-4-6-9-19-15(18)13-12(16)8-7-11(14(13)17)10(3)5-2/h7-8,10H,4-6,9H2,1-3H3/t10-/m1/s1. The predicted molar refractivity (Wildman–Crippen MR) is 75.3 cm³/mol. The minimum atomic E-state index is -0.680. The number of carbonyl (C=O) groups is 1. The number of unbranched alkanes of at least 4 members (excludes halogenated alkanes) is 1. The van der Waals surface area contributed by atoms with E-state index in [0.717, 1.165) is 19.3 Å². The molecule has 1 atom stereocenters. The second-order valence-corrected chi connectivity index (χ2v) is 5.03. The van der Waals surface area contributed by atoms with E-state index in [1.807, 2.05) is 20.8 Å². The van der Waals surface area contributed by atoms with E-state index in [9.17, 15) is 9.18 Å². The van der Waals surface area contributed by atoms with Crippen molar-refractivity contribution in [3.8, 4) is 0 Å². The quantitative estimate of drug-likeness (QED) is 0.546. The normalized spacial score (nSPS) is 12.3. The summed E-state index contributed by atoms with van der Waals surface area (Å²) in [6, 6.07) is 3.19. The Balaban J connectivity index is 3.02. The van der Waals surface area contributed by atoms with Crippen LogP contribution in [0.15, 0.2) is 12.1 Å². The van der Waals surface area contributed by atoms with Crippen LogP contribution in [0.4, 0.5) is 4.39 Å². The van der Waals surface area contributed by atoms with Crippen molar-refractivity contribution in [3.05, 3.63) is 34.1 Å². The van der Waals surface area contributed by atoms with Crippen LogP contribution in [-0.2, 0) is 4.74 Å². The first kappa shape index (κ1) is 16.0. The van der Waals surface area contributed by atoms with Gasteiger partial charge in [0.05, 0.1) is 11.6 Å². The van der Waals surface area contributed by atoms with Gasteiger partial charge < -0.3 is 4.74 Å². The molecule has 0 bridgehead atoms. The van der Waals surface area contributed by atoms with Crippen molar-refractivity contribution >= 4 is 17.6 Å². The maximum atomic E-state index is 14.3. The van der Waals surface area contributed by atoms with Crippen LogP contribution >= 0.6 is 11.6 Å². The van der Waals surface area contributed by atoms with E-state index in [1.165, 1.54) is 0 Å². The zero-order valence-corrected chi connectivity index (χ0v) is 12.4. The number of hydrogen-bond donors (Lipinski definition) is 0. The van der Waals surface area contributed by atoms with Gasteiger partial charge in [-0.05, 0) is 30.4 Å². The average Bonchev–Trinajstić information content (AvgIpc) is 2.38. The summed E-state index contributed by atoms with van der Waals surface area (Å²) in [5, 5.41) is 0.103. The lowest BCUT2D eigenvalue weighted by molar-refractivity contribution is 0.0494. The number of ether oxygens (including phenoxy) is 1. The summed E-state index contributed by atoms with van der Waals surface area (Å²) in [6.07, 6.45) is 2.47. The molecule has 0 aromatic heterocycles. The molecule has 106 valence electrons. The van der Waals surface area contributed by atoms with Crippen molar-refractivity contribution in [1.29, 1.82) is 0 Å². The highest BCUT2D eigenvalue weighted by molar-refractivity contribution is 6.33. The lowest BCUT2D eigenvalue weighted by Gasteiger charge is -2.14. The maximum Gasteiger partial charge on any atom is 0.342 e. The minimum Gasteiger partial charge on any atom is -0.462 e. The molecule has 0 fully saturated rings. The van der Waals surface area contributed by atoms with Gasteiger partial charge in [0.1, 0.15) is 11.4 Å². The van der Waals surface area contributed by atoms with Crippen LogP contribution in [0, 0.1) is 5.82 Å². The van der Waals surface area contributed by atoms with Gasteiger partial charge >= 0.3 is 5.97 Å². The Morgan fingerprint density at radius 2 is 2.11 bits per heavy atom. The van der Waals surface area contributed by atoms with Crippen molar-refractivity contribution < 1.29 is 13.9 Å². The highest BCUT2D eigenvalue weighted by Crippen LogP contribution is 2.29. The van der Waals surface area contributed by atoms with Crippen molar-refractivity contribution in [3.63, 3.8) is 0 Å². The highest BCUT2D eigenvalue weighted by Gasteiger charge is 2.22. The fraction of sp³-hybridized carbons (Fsp3) is 0.533. The van der Waals surface area contributed by atoms with Gasteiger partial charge in [-0.3, -0.25) is 0 Å². The van der Waals surface area contributed by atoms with E-state index in [-0.39, 0.29) is 16.5 Å². The van der Waals surface area contributed by atoms with Crippen LogP contribution in [0.5, 0.6) is 0 Å². The van der Waals surface area contributed by atoms with Crippen molar-refractivity contribution in [2.45, 2.75) is 46.0 Å². The molecule has 0 amide bonds. The van der Waals surface area contributed by atoms with E-state index in [1.54, 1.807) is 12.1 Å². The van der Waals surface area contributed by atoms with Gasteiger partial charge in [-0.2, -0.15) is 0 Å². The van der Waals surface area contributed by atoms with Gasteiger partial charge in [0.25, 0.3) is 0 Å². The van der Waals surface area contributed by atoms with Crippen LogP contribution in [0.2, 0.25) is 5.02 Å². The van der Waals surface area contributed by atoms with E-state index in [4.69, 9.17) is 16.3 Å². The molecule has 0 heterocycles. The van der Waals surface area contributed by atoms with Crippen LogP contribution < -0.4 is 0 Å². The molecule has 0 unspecified atom stereocenters. The fourth-order valence-corrected chi connectivity index (χ4v) is 1.96. The third-order valence-electron chi connectivity index (χ3n) is 3.20.